The SMILES string of the molecule is CCCc1c(CNCC2CCC(C)CC2)cnn1-c1ccccc1. The topological polar surface area (TPSA) is 29.9 Å². The molecule has 1 aliphatic rings. The molecule has 0 radical (unpaired) electrons. The third kappa shape index (κ3) is 4.27. The zero-order valence-electron chi connectivity index (χ0n) is 15.2. The lowest BCUT2D eigenvalue weighted by atomic mass is 9.83. The van der Waals surface area contributed by atoms with E-state index in [-0.39, 0.29) is 0 Å². The second-order valence-corrected chi connectivity index (χ2v) is 7.37. The van der Waals surface area contributed by atoms with Crippen molar-refractivity contribution in [1.29, 1.82) is 0 Å². The van der Waals surface area contributed by atoms with E-state index in [9.17, 15) is 0 Å². The Morgan fingerprint density at radius 1 is 1.12 bits per heavy atom. The van der Waals surface area contributed by atoms with Crippen LogP contribution in [0.3, 0.4) is 0 Å². The van der Waals surface area contributed by atoms with Gasteiger partial charge in [-0.05, 0) is 49.8 Å². The molecule has 2 aromatic rings. The number of rotatable bonds is 7. The smallest absolute Gasteiger partial charge is 0.0648 e. The number of hydrogen-bond acceptors (Lipinski definition) is 2. The van der Waals surface area contributed by atoms with Crippen molar-refractivity contribution in [3.63, 3.8) is 0 Å². The van der Waals surface area contributed by atoms with E-state index in [1.54, 1.807) is 0 Å². The quantitative estimate of drug-likeness (QED) is 0.797. The first-order valence-corrected chi connectivity index (χ1v) is 9.59. The fraction of sp³-hybridized carbons (Fsp3) is 0.571. The maximum Gasteiger partial charge on any atom is 0.0648 e. The number of benzene rings is 1. The van der Waals surface area contributed by atoms with Crippen molar-refractivity contribution in [3.8, 4) is 5.69 Å². The van der Waals surface area contributed by atoms with Gasteiger partial charge in [-0.3, -0.25) is 0 Å². The van der Waals surface area contributed by atoms with Gasteiger partial charge in [-0.1, -0.05) is 51.3 Å². The monoisotopic (exact) mass is 325 g/mol. The van der Waals surface area contributed by atoms with E-state index in [0.717, 1.165) is 43.5 Å². The lowest BCUT2D eigenvalue weighted by Gasteiger charge is -2.26. The van der Waals surface area contributed by atoms with Crippen LogP contribution < -0.4 is 5.32 Å². The molecule has 1 saturated carbocycles. The van der Waals surface area contributed by atoms with E-state index in [1.807, 2.05) is 6.20 Å². The van der Waals surface area contributed by atoms with E-state index in [1.165, 1.54) is 36.9 Å². The summed E-state index contributed by atoms with van der Waals surface area (Å²) in [6, 6.07) is 10.5. The summed E-state index contributed by atoms with van der Waals surface area (Å²) in [6.45, 7) is 6.71. The molecule has 1 aliphatic carbocycles. The zero-order chi connectivity index (χ0) is 16.8. The fourth-order valence-electron chi connectivity index (χ4n) is 3.79. The molecule has 130 valence electrons. The van der Waals surface area contributed by atoms with Crippen LogP contribution in [0.25, 0.3) is 5.69 Å². The summed E-state index contributed by atoms with van der Waals surface area (Å²) in [6.07, 6.45) is 9.85. The molecule has 3 rings (SSSR count). The standard InChI is InChI=1S/C21H31N3/c1-3-7-21-19(15-22-14-18-12-10-17(2)11-13-18)16-23-24(21)20-8-5-4-6-9-20/h4-6,8-9,16-18,22H,3,7,10-15H2,1-2H3. The molecule has 24 heavy (non-hydrogen) atoms. The highest BCUT2D eigenvalue weighted by Crippen LogP contribution is 2.27. The highest BCUT2D eigenvalue weighted by molar-refractivity contribution is 5.35. The number of para-hydroxylation sites is 1. The highest BCUT2D eigenvalue weighted by atomic mass is 15.3. The molecule has 0 aliphatic heterocycles. The van der Waals surface area contributed by atoms with E-state index < -0.39 is 0 Å². The van der Waals surface area contributed by atoms with Gasteiger partial charge in [-0.2, -0.15) is 5.10 Å². The van der Waals surface area contributed by atoms with Gasteiger partial charge in [-0.25, -0.2) is 4.68 Å². The van der Waals surface area contributed by atoms with Crippen molar-refractivity contribution in [2.75, 3.05) is 6.54 Å². The first-order valence-electron chi connectivity index (χ1n) is 9.59. The van der Waals surface area contributed by atoms with E-state index >= 15 is 0 Å². The second kappa shape index (κ2) is 8.48. The summed E-state index contributed by atoms with van der Waals surface area (Å²) in [7, 11) is 0. The first kappa shape index (κ1) is 17.2. The highest BCUT2D eigenvalue weighted by Gasteiger charge is 2.18. The van der Waals surface area contributed by atoms with E-state index in [4.69, 9.17) is 0 Å². The normalized spacial score (nSPS) is 21.1. The summed E-state index contributed by atoms with van der Waals surface area (Å²) < 4.78 is 2.11. The van der Waals surface area contributed by atoms with Crippen LogP contribution in [0.15, 0.2) is 36.5 Å². The number of aromatic nitrogens is 2. The van der Waals surface area contributed by atoms with Crippen molar-refractivity contribution in [3.05, 3.63) is 47.8 Å². The number of hydrogen-bond donors (Lipinski definition) is 1. The van der Waals surface area contributed by atoms with Crippen molar-refractivity contribution in [2.45, 2.75) is 58.9 Å². The number of nitrogens with one attached hydrogen (secondary N) is 1. The molecule has 1 aromatic heterocycles. The molecule has 1 heterocycles. The average Bonchev–Trinajstić information content (AvgIpc) is 3.01. The van der Waals surface area contributed by atoms with E-state index in [0.29, 0.717) is 0 Å². The predicted molar refractivity (Wildman–Crippen MR) is 100 cm³/mol. The van der Waals surface area contributed by atoms with Crippen molar-refractivity contribution in [2.24, 2.45) is 11.8 Å². The summed E-state index contributed by atoms with van der Waals surface area (Å²) in [5.41, 5.74) is 3.87. The van der Waals surface area contributed by atoms with Crippen LogP contribution in [-0.4, -0.2) is 16.3 Å². The molecule has 0 atom stereocenters. The minimum Gasteiger partial charge on any atom is -0.312 e. The first-order chi connectivity index (χ1) is 11.8. The molecule has 1 N–H and O–H groups in total. The Morgan fingerprint density at radius 3 is 2.58 bits per heavy atom. The largest absolute Gasteiger partial charge is 0.312 e. The Kier molecular flexibility index (Phi) is 6.08. The maximum absolute atomic E-state index is 4.66. The fourth-order valence-corrected chi connectivity index (χ4v) is 3.79. The van der Waals surface area contributed by atoms with Gasteiger partial charge < -0.3 is 5.32 Å². The molecule has 0 unspecified atom stereocenters. The van der Waals surface area contributed by atoms with Crippen LogP contribution in [0.4, 0.5) is 0 Å². The van der Waals surface area contributed by atoms with Gasteiger partial charge in [0.25, 0.3) is 0 Å². The molecule has 0 bridgehead atoms. The average molecular weight is 326 g/mol. The lowest BCUT2D eigenvalue weighted by molar-refractivity contribution is 0.281. The van der Waals surface area contributed by atoms with Crippen molar-refractivity contribution >= 4 is 0 Å². The minimum absolute atomic E-state index is 0.861. The van der Waals surface area contributed by atoms with Crippen LogP contribution in [0, 0.1) is 11.8 Å². The van der Waals surface area contributed by atoms with Gasteiger partial charge in [0, 0.05) is 17.8 Å². The minimum atomic E-state index is 0.861. The lowest BCUT2D eigenvalue weighted by Crippen LogP contribution is -2.26. The van der Waals surface area contributed by atoms with Crippen LogP contribution in [0.5, 0.6) is 0 Å². The van der Waals surface area contributed by atoms with Crippen LogP contribution >= 0.6 is 0 Å². The van der Waals surface area contributed by atoms with Gasteiger partial charge in [-0.15, -0.1) is 0 Å². The van der Waals surface area contributed by atoms with E-state index in [2.05, 4.69) is 59.3 Å². The van der Waals surface area contributed by atoms with Gasteiger partial charge in [0.05, 0.1) is 11.9 Å². The van der Waals surface area contributed by atoms with Crippen molar-refractivity contribution in [1.82, 2.24) is 15.1 Å². The second-order valence-electron chi connectivity index (χ2n) is 7.37. The third-order valence-electron chi connectivity index (χ3n) is 5.33. The van der Waals surface area contributed by atoms with Gasteiger partial charge >= 0.3 is 0 Å². The third-order valence-corrected chi connectivity index (χ3v) is 5.33. The molecule has 3 nitrogen and oxygen atoms in total. The Bertz CT molecular complexity index is 609. The van der Waals surface area contributed by atoms with Gasteiger partial charge in [0.2, 0.25) is 0 Å². The molecule has 1 fully saturated rings. The maximum atomic E-state index is 4.66. The molecule has 0 saturated heterocycles. The summed E-state index contributed by atoms with van der Waals surface area (Å²) in [5, 5.41) is 8.35. The molecular formula is C21H31N3. The van der Waals surface area contributed by atoms with Crippen LogP contribution in [-0.2, 0) is 13.0 Å². The van der Waals surface area contributed by atoms with Crippen LogP contribution in [0.1, 0.15) is 57.2 Å². The number of nitrogens with zero attached hydrogens (tertiary/aromatic N) is 2. The Hall–Kier alpha value is -1.61. The molecule has 0 spiro atoms. The van der Waals surface area contributed by atoms with Gasteiger partial charge in [0.15, 0.2) is 0 Å². The Balaban J connectivity index is 1.62. The molecular weight excluding hydrogens is 294 g/mol. The summed E-state index contributed by atoms with van der Waals surface area (Å²) >= 11 is 0. The summed E-state index contributed by atoms with van der Waals surface area (Å²) in [5.74, 6) is 1.79. The van der Waals surface area contributed by atoms with Crippen LogP contribution in [0.2, 0.25) is 0 Å². The molecule has 0 amide bonds. The zero-order valence-corrected chi connectivity index (χ0v) is 15.2. The van der Waals surface area contributed by atoms with Crippen molar-refractivity contribution < 1.29 is 0 Å². The Labute approximate surface area is 146 Å². The summed E-state index contributed by atoms with van der Waals surface area (Å²) in [4.78, 5) is 0. The Morgan fingerprint density at radius 2 is 1.88 bits per heavy atom. The van der Waals surface area contributed by atoms with Gasteiger partial charge in [0.1, 0.15) is 0 Å². The predicted octanol–water partition coefficient (Wildman–Crippen LogP) is 4.74. The molecule has 3 heteroatoms. The molecule has 1 aromatic carbocycles.